The zero-order valence-corrected chi connectivity index (χ0v) is 35.1. The quantitative estimate of drug-likeness (QED) is 0.180. The summed E-state index contributed by atoms with van der Waals surface area (Å²) in [5.74, 6) is 4.15. The minimum Gasteiger partial charge on any atom is -0.286 e. The van der Waals surface area contributed by atoms with E-state index in [1.165, 1.54) is 148 Å². The van der Waals surface area contributed by atoms with Gasteiger partial charge in [-0.25, -0.2) is 0 Å². The minimum atomic E-state index is 0.489. The lowest BCUT2D eigenvalue weighted by atomic mass is 9.63. The number of benzene rings is 1. The fourth-order valence-electron chi connectivity index (χ4n) is 13.5. The molecule has 1 heterocycles. The van der Waals surface area contributed by atoms with Crippen molar-refractivity contribution in [1.82, 2.24) is 4.90 Å². The van der Waals surface area contributed by atoms with Crippen LogP contribution in [-0.4, -0.2) is 23.5 Å². The number of fused-ring (bicyclic) bond motifs is 3. The molecular formula is C54H73N. The number of rotatable bonds is 9. The van der Waals surface area contributed by atoms with E-state index in [2.05, 4.69) is 86.4 Å². The van der Waals surface area contributed by atoms with E-state index in [-0.39, 0.29) is 0 Å². The maximum Gasteiger partial charge on any atom is 0.0331 e. The van der Waals surface area contributed by atoms with Gasteiger partial charge in [0, 0.05) is 18.6 Å². The zero-order valence-electron chi connectivity index (χ0n) is 35.1. The molecule has 0 radical (unpaired) electrons. The normalized spacial score (nSPS) is 34.3. The predicted octanol–water partition coefficient (Wildman–Crippen LogP) is 15.0. The second-order valence-electron chi connectivity index (χ2n) is 19.6. The van der Waals surface area contributed by atoms with Gasteiger partial charge in [0.2, 0.25) is 0 Å². The first-order chi connectivity index (χ1) is 27.1. The second-order valence-corrected chi connectivity index (χ2v) is 19.6. The number of hydrogen-bond acceptors (Lipinski definition) is 1. The smallest absolute Gasteiger partial charge is 0.0331 e. The van der Waals surface area contributed by atoms with Crippen molar-refractivity contribution in [2.24, 2.45) is 29.6 Å². The maximum absolute atomic E-state index is 3.14. The largest absolute Gasteiger partial charge is 0.286 e. The highest BCUT2D eigenvalue weighted by atomic mass is 15.2. The molecule has 0 aromatic heterocycles. The van der Waals surface area contributed by atoms with Crippen molar-refractivity contribution in [3.8, 4) is 0 Å². The zero-order chi connectivity index (χ0) is 37.3. The highest BCUT2D eigenvalue weighted by Gasteiger charge is 2.44. The molecule has 7 aliphatic carbocycles. The summed E-state index contributed by atoms with van der Waals surface area (Å²) in [6, 6.07) is 10.7. The Balaban J connectivity index is 1.06. The van der Waals surface area contributed by atoms with E-state index in [0.29, 0.717) is 35.8 Å². The summed E-state index contributed by atoms with van der Waals surface area (Å²) in [5, 5.41) is 0. The van der Waals surface area contributed by atoms with Gasteiger partial charge in [-0.15, -0.1) is 0 Å². The van der Waals surface area contributed by atoms with Crippen molar-refractivity contribution in [2.45, 2.75) is 180 Å². The Morgan fingerprint density at radius 1 is 0.782 bits per heavy atom. The Morgan fingerprint density at radius 2 is 1.65 bits per heavy atom. The molecular weight excluding hydrogens is 663 g/mol. The average molecular weight is 736 g/mol. The van der Waals surface area contributed by atoms with Crippen LogP contribution in [-0.2, 0) is 0 Å². The average Bonchev–Trinajstić information content (AvgIpc) is 3.24. The van der Waals surface area contributed by atoms with E-state index in [0.717, 1.165) is 11.8 Å². The van der Waals surface area contributed by atoms with E-state index in [1.54, 1.807) is 27.8 Å². The van der Waals surface area contributed by atoms with Gasteiger partial charge in [0.25, 0.3) is 0 Å². The molecule has 294 valence electrons. The van der Waals surface area contributed by atoms with E-state index < -0.39 is 0 Å². The van der Waals surface area contributed by atoms with Gasteiger partial charge in [0.05, 0.1) is 0 Å². The first-order valence-electron chi connectivity index (χ1n) is 23.8. The van der Waals surface area contributed by atoms with E-state index in [1.807, 2.05) is 27.9 Å². The summed E-state index contributed by atoms with van der Waals surface area (Å²) in [5.41, 5.74) is 17.6. The molecule has 0 N–H and O–H groups in total. The molecule has 1 aliphatic heterocycles. The second kappa shape index (κ2) is 17.1. The van der Waals surface area contributed by atoms with Crippen LogP contribution in [0.2, 0.25) is 0 Å². The van der Waals surface area contributed by atoms with Gasteiger partial charge in [0.15, 0.2) is 0 Å². The summed E-state index contributed by atoms with van der Waals surface area (Å²) >= 11 is 0. The highest BCUT2D eigenvalue weighted by molar-refractivity contribution is 5.72. The van der Waals surface area contributed by atoms with Gasteiger partial charge in [-0.05, 0) is 173 Å². The SMILES string of the molecule is CCCCCCC(C)C1=CCC(C2CC=C3C(C)C4CCCC/C4=C(\C4CCC5=C(CCCC5)C4)CN(C4C=CC5=C(C=CCC5)C4)C3C2)c2ccccc21. The molecule has 0 bridgehead atoms. The van der Waals surface area contributed by atoms with Crippen LogP contribution in [0.15, 0.2) is 99.7 Å². The molecule has 1 aromatic carbocycles. The molecule has 0 spiro atoms. The van der Waals surface area contributed by atoms with Crippen molar-refractivity contribution in [2.75, 3.05) is 6.54 Å². The highest BCUT2D eigenvalue weighted by Crippen LogP contribution is 2.53. The standard InChI is InChI=1S/C54H73N/c1-4-5-6-7-16-37(2)46-31-32-49(52-24-15-14-22-50(46)52)44-28-30-48-38(3)47-21-12-13-23-51(47)53(43-26-25-39-17-8-10-19-41(39)33-43)36-55(54(48)35-44)45-29-27-40-18-9-11-20-42(40)34-45/h11,14-15,20,22,24,27,29-31,37-38,43-45,47,49,54H,4-10,12-13,16-19,21,23,25-26,28,32-36H2,1-3H3/b53-51+. The molecule has 8 unspecified atom stereocenters. The lowest BCUT2D eigenvalue weighted by Gasteiger charge is -2.51. The molecule has 1 nitrogen and oxygen atoms in total. The predicted molar refractivity (Wildman–Crippen MR) is 235 cm³/mol. The Bertz CT molecular complexity index is 1790. The van der Waals surface area contributed by atoms with Crippen LogP contribution in [0.25, 0.3) is 5.57 Å². The third kappa shape index (κ3) is 7.71. The van der Waals surface area contributed by atoms with Crippen LogP contribution in [0, 0.1) is 29.6 Å². The first kappa shape index (κ1) is 37.9. The van der Waals surface area contributed by atoms with E-state index in [4.69, 9.17) is 0 Å². The lowest BCUT2D eigenvalue weighted by molar-refractivity contribution is 0.129. The molecule has 1 saturated carbocycles. The molecule has 0 saturated heterocycles. The Hall–Kier alpha value is -2.64. The fraction of sp³-hybridized carbons (Fsp3) is 0.630. The van der Waals surface area contributed by atoms with Crippen molar-refractivity contribution in [1.29, 1.82) is 0 Å². The van der Waals surface area contributed by atoms with Crippen molar-refractivity contribution in [3.05, 3.63) is 111 Å². The minimum absolute atomic E-state index is 0.489. The van der Waals surface area contributed by atoms with Crippen LogP contribution >= 0.6 is 0 Å². The van der Waals surface area contributed by atoms with Gasteiger partial charge < -0.3 is 0 Å². The third-order valence-corrected chi connectivity index (χ3v) is 16.5. The topological polar surface area (TPSA) is 3.24 Å². The van der Waals surface area contributed by atoms with Crippen LogP contribution in [0.3, 0.4) is 0 Å². The summed E-state index contributed by atoms with van der Waals surface area (Å²) < 4.78 is 0. The molecule has 8 atom stereocenters. The van der Waals surface area contributed by atoms with Crippen LogP contribution in [0.5, 0.6) is 0 Å². The van der Waals surface area contributed by atoms with Crippen molar-refractivity contribution < 1.29 is 0 Å². The summed E-state index contributed by atoms with van der Waals surface area (Å²) in [4.78, 5) is 3.14. The van der Waals surface area contributed by atoms with Crippen LogP contribution in [0.4, 0.5) is 0 Å². The molecule has 9 rings (SSSR count). The molecule has 1 fully saturated rings. The van der Waals surface area contributed by atoms with Gasteiger partial charge in [-0.1, -0.05) is 141 Å². The molecule has 55 heavy (non-hydrogen) atoms. The fourth-order valence-corrected chi connectivity index (χ4v) is 13.5. The maximum atomic E-state index is 3.14. The van der Waals surface area contributed by atoms with Crippen LogP contribution in [0.1, 0.15) is 179 Å². The number of unbranched alkanes of at least 4 members (excludes halogenated alkanes) is 3. The summed E-state index contributed by atoms with van der Waals surface area (Å²) in [6.07, 6.45) is 45.4. The monoisotopic (exact) mass is 736 g/mol. The van der Waals surface area contributed by atoms with Crippen molar-refractivity contribution in [3.63, 3.8) is 0 Å². The molecule has 1 heteroatoms. The Labute approximate surface area is 336 Å². The number of allylic oxidation sites excluding steroid dienone is 10. The first-order valence-corrected chi connectivity index (χ1v) is 23.8. The summed E-state index contributed by atoms with van der Waals surface area (Å²) in [6.45, 7) is 8.75. The Kier molecular flexibility index (Phi) is 11.8. The van der Waals surface area contributed by atoms with E-state index in [9.17, 15) is 0 Å². The van der Waals surface area contributed by atoms with Gasteiger partial charge in [-0.3, -0.25) is 4.90 Å². The van der Waals surface area contributed by atoms with Crippen molar-refractivity contribution >= 4 is 5.57 Å². The van der Waals surface area contributed by atoms with Gasteiger partial charge in [-0.2, -0.15) is 0 Å². The van der Waals surface area contributed by atoms with Gasteiger partial charge >= 0.3 is 0 Å². The third-order valence-electron chi connectivity index (χ3n) is 16.5. The van der Waals surface area contributed by atoms with Gasteiger partial charge in [0.1, 0.15) is 0 Å². The number of hydrogen-bond donors (Lipinski definition) is 0. The molecule has 1 aromatic rings. The molecule has 8 aliphatic rings. The van der Waals surface area contributed by atoms with E-state index >= 15 is 0 Å². The Morgan fingerprint density at radius 3 is 2.56 bits per heavy atom. The lowest BCUT2D eigenvalue weighted by Crippen LogP contribution is -2.51. The summed E-state index contributed by atoms with van der Waals surface area (Å²) in [7, 11) is 0. The van der Waals surface area contributed by atoms with Crippen LogP contribution < -0.4 is 0 Å². The molecule has 0 amide bonds. The number of nitrogens with zero attached hydrogens (tertiary/aromatic N) is 1.